The summed E-state index contributed by atoms with van der Waals surface area (Å²) in [5.74, 6) is -1.28. The molecule has 6 nitrogen and oxygen atoms in total. The van der Waals surface area contributed by atoms with Gasteiger partial charge >= 0.3 is 5.97 Å². The number of rotatable bonds is 5. The zero-order chi connectivity index (χ0) is 18.8. The number of aromatic nitrogens is 2. The summed E-state index contributed by atoms with van der Waals surface area (Å²) >= 11 is 5.95. The van der Waals surface area contributed by atoms with Gasteiger partial charge in [0.25, 0.3) is 5.91 Å². The van der Waals surface area contributed by atoms with E-state index in [1.54, 1.807) is 23.0 Å². The van der Waals surface area contributed by atoms with Crippen molar-refractivity contribution in [3.05, 3.63) is 46.7 Å². The lowest BCUT2D eigenvalue weighted by Gasteiger charge is -2.15. The lowest BCUT2D eigenvalue weighted by molar-refractivity contribution is -0.141. The molecular weight excluding hydrogens is 354 g/mol. The van der Waals surface area contributed by atoms with Gasteiger partial charge in [0.05, 0.1) is 29.1 Å². The van der Waals surface area contributed by atoms with Crippen LogP contribution in [-0.2, 0) is 4.79 Å². The van der Waals surface area contributed by atoms with E-state index in [0.717, 1.165) is 11.4 Å². The Morgan fingerprint density at radius 1 is 1.27 bits per heavy atom. The molecule has 7 heteroatoms. The lowest BCUT2D eigenvalue weighted by Crippen LogP contribution is -2.34. The van der Waals surface area contributed by atoms with E-state index in [-0.39, 0.29) is 23.8 Å². The van der Waals surface area contributed by atoms with Crippen molar-refractivity contribution < 1.29 is 14.7 Å². The molecular formula is C19H22ClN3O3. The van der Waals surface area contributed by atoms with Crippen molar-refractivity contribution in [3.63, 3.8) is 0 Å². The van der Waals surface area contributed by atoms with E-state index in [2.05, 4.69) is 10.4 Å². The average Bonchev–Trinajstić information content (AvgIpc) is 3.22. The predicted molar refractivity (Wildman–Crippen MR) is 98.9 cm³/mol. The molecule has 0 radical (unpaired) electrons. The van der Waals surface area contributed by atoms with Gasteiger partial charge in [-0.3, -0.25) is 9.59 Å². The number of amides is 1. The molecule has 1 aromatic carbocycles. The topological polar surface area (TPSA) is 84.2 Å². The van der Waals surface area contributed by atoms with Crippen LogP contribution in [0.25, 0.3) is 5.69 Å². The third-order valence-electron chi connectivity index (χ3n) is 4.79. The molecule has 1 aromatic heterocycles. The number of carbonyl (C=O) groups excluding carboxylic acids is 1. The molecule has 0 saturated heterocycles. The second-order valence-electron chi connectivity index (χ2n) is 7.01. The fourth-order valence-electron chi connectivity index (χ4n) is 3.48. The monoisotopic (exact) mass is 375 g/mol. The van der Waals surface area contributed by atoms with Gasteiger partial charge in [-0.2, -0.15) is 5.10 Å². The van der Waals surface area contributed by atoms with Gasteiger partial charge in [-0.05, 0) is 49.4 Å². The predicted octanol–water partition coefficient (Wildman–Crippen LogP) is 3.63. The van der Waals surface area contributed by atoms with Gasteiger partial charge in [0.1, 0.15) is 0 Å². The first-order valence-corrected chi connectivity index (χ1v) is 9.12. The quantitative estimate of drug-likeness (QED) is 0.835. The SMILES string of the molecule is CC(C)c1c(C(=O)N[C@@H]2CC[C@H](C(=O)O)C2)cnn1-c1ccc(Cl)cc1. The number of aliphatic carboxylic acids is 1. The van der Waals surface area contributed by atoms with Gasteiger partial charge in [-0.15, -0.1) is 0 Å². The zero-order valence-corrected chi connectivity index (χ0v) is 15.5. The Balaban J connectivity index is 1.82. The minimum absolute atomic E-state index is 0.0873. The molecule has 0 spiro atoms. The van der Waals surface area contributed by atoms with Gasteiger partial charge < -0.3 is 10.4 Å². The first-order chi connectivity index (χ1) is 12.4. The fraction of sp³-hybridized carbons (Fsp3) is 0.421. The number of nitrogens with zero attached hydrogens (tertiary/aromatic N) is 2. The molecule has 26 heavy (non-hydrogen) atoms. The first-order valence-electron chi connectivity index (χ1n) is 8.74. The number of carboxylic acid groups (broad SMARTS) is 1. The number of hydrogen-bond acceptors (Lipinski definition) is 3. The van der Waals surface area contributed by atoms with Crippen LogP contribution >= 0.6 is 11.6 Å². The maximum atomic E-state index is 12.8. The molecule has 2 aromatic rings. The molecule has 138 valence electrons. The van der Waals surface area contributed by atoms with Crippen molar-refractivity contribution in [3.8, 4) is 5.69 Å². The number of carboxylic acids is 1. The van der Waals surface area contributed by atoms with E-state index in [4.69, 9.17) is 16.7 Å². The maximum Gasteiger partial charge on any atom is 0.306 e. The molecule has 1 heterocycles. The molecule has 1 aliphatic rings. The molecule has 0 unspecified atom stereocenters. The Labute approximate surface area is 157 Å². The third kappa shape index (κ3) is 3.75. The van der Waals surface area contributed by atoms with Gasteiger partial charge in [-0.1, -0.05) is 25.4 Å². The van der Waals surface area contributed by atoms with Gasteiger partial charge in [0, 0.05) is 11.1 Å². The van der Waals surface area contributed by atoms with E-state index in [1.807, 2.05) is 26.0 Å². The molecule has 3 rings (SSSR count). The van der Waals surface area contributed by atoms with Crippen molar-refractivity contribution in [2.45, 2.75) is 45.1 Å². The fourth-order valence-corrected chi connectivity index (χ4v) is 3.60. The van der Waals surface area contributed by atoms with Crippen LogP contribution in [0.15, 0.2) is 30.5 Å². The Morgan fingerprint density at radius 2 is 1.96 bits per heavy atom. The summed E-state index contributed by atoms with van der Waals surface area (Å²) in [5, 5.41) is 17.1. The van der Waals surface area contributed by atoms with E-state index in [1.165, 1.54) is 0 Å². The highest BCUT2D eigenvalue weighted by Crippen LogP contribution is 2.27. The van der Waals surface area contributed by atoms with Crippen LogP contribution in [0.4, 0.5) is 0 Å². The summed E-state index contributed by atoms with van der Waals surface area (Å²) < 4.78 is 1.75. The van der Waals surface area contributed by atoms with Crippen LogP contribution < -0.4 is 5.32 Å². The van der Waals surface area contributed by atoms with Crippen LogP contribution in [-0.4, -0.2) is 32.8 Å². The van der Waals surface area contributed by atoms with Gasteiger partial charge in [-0.25, -0.2) is 4.68 Å². The Morgan fingerprint density at radius 3 is 2.54 bits per heavy atom. The number of halogens is 1. The molecule has 2 atom stereocenters. The van der Waals surface area contributed by atoms with Crippen LogP contribution in [0, 0.1) is 5.92 Å². The van der Waals surface area contributed by atoms with Crippen LogP contribution in [0.2, 0.25) is 5.02 Å². The third-order valence-corrected chi connectivity index (χ3v) is 5.04. The largest absolute Gasteiger partial charge is 0.481 e. The second-order valence-corrected chi connectivity index (χ2v) is 7.44. The summed E-state index contributed by atoms with van der Waals surface area (Å²) in [6, 6.07) is 7.18. The zero-order valence-electron chi connectivity index (χ0n) is 14.8. The summed E-state index contributed by atoms with van der Waals surface area (Å²) in [7, 11) is 0. The summed E-state index contributed by atoms with van der Waals surface area (Å²) in [4.78, 5) is 23.9. The Hall–Kier alpha value is -2.34. The smallest absolute Gasteiger partial charge is 0.306 e. The summed E-state index contributed by atoms with van der Waals surface area (Å²) in [6.45, 7) is 4.02. The van der Waals surface area contributed by atoms with Gasteiger partial charge in [0.2, 0.25) is 0 Å². The normalized spacial score (nSPS) is 19.7. The van der Waals surface area contributed by atoms with E-state index < -0.39 is 5.97 Å². The van der Waals surface area contributed by atoms with E-state index in [9.17, 15) is 9.59 Å². The number of hydrogen-bond donors (Lipinski definition) is 2. The standard InChI is InChI=1S/C19H22ClN3O3/c1-11(2)17-16(10-21-23(17)15-7-4-13(20)5-8-15)18(24)22-14-6-3-12(9-14)19(25)26/h4-5,7-8,10-12,14H,3,6,9H2,1-2H3,(H,22,24)(H,25,26)/t12-,14+/m0/s1. The highest BCUT2D eigenvalue weighted by Gasteiger charge is 2.31. The van der Waals surface area contributed by atoms with Crippen molar-refractivity contribution in [2.75, 3.05) is 0 Å². The van der Waals surface area contributed by atoms with Crippen LogP contribution in [0.1, 0.15) is 55.1 Å². The van der Waals surface area contributed by atoms with Crippen molar-refractivity contribution >= 4 is 23.5 Å². The minimum Gasteiger partial charge on any atom is -0.481 e. The Bertz CT molecular complexity index is 814. The summed E-state index contributed by atoms with van der Waals surface area (Å²) in [6.07, 6.45) is 3.33. The van der Waals surface area contributed by atoms with Crippen molar-refractivity contribution in [1.82, 2.24) is 15.1 Å². The molecule has 1 fully saturated rings. The first kappa shape index (κ1) is 18.5. The molecule has 0 aliphatic heterocycles. The van der Waals surface area contributed by atoms with E-state index in [0.29, 0.717) is 29.8 Å². The maximum absolute atomic E-state index is 12.8. The number of carbonyl (C=O) groups is 2. The van der Waals surface area contributed by atoms with Crippen LogP contribution in [0.3, 0.4) is 0 Å². The number of nitrogens with one attached hydrogen (secondary N) is 1. The molecule has 1 saturated carbocycles. The highest BCUT2D eigenvalue weighted by atomic mass is 35.5. The second kappa shape index (κ2) is 7.50. The molecule has 1 aliphatic carbocycles. The number of benzene rings is 1. The van der Waals surface area contributed by atoms with Crippen LogP contribution in [0.5, 0.6) is 0 Å². The molecule has 0 bridgehead atoms. The van der Waals surface area contributed by atoms with Gasteiger partial charge in [0.15, 0.2) is 0 Å². The van der Waals surface area contributed by atoms with E-state index >= 15 is 0 Å². The average molecular weight is 376 g/mol. The van der Waals surface area contributed by atoms with Crippen molar-refractivity contribution in [1.29, 1.82) is 0 Å². The minimum atomic E-state index is -0.792. The molecule has 1 amide bonds. The summed E-state index contributed by atoms with van der Waals surface area (Å²) in [5.41, 5.74) is 2.18. The molecule has 2 N–H and O–H groups in total. The Kier molecular flexibility index (Phi) is 5.32. The highest BCUT2D eigenvalue weighted by molar-refractivity contribution is 6.30. The lowest BCUT2D eigenvalue weighted by atomic mass is 10.0. The van der Waals surface area contributed by atoms with Crippen molar-refractivity contribution in [2.24, 2.45) is 5.92 Å².